The average molecular weight is 385 g/mol. The van der Waals surface area contributed by atoms with Gasteiger partial charge >= 0.3 is 0 Å². The maximum Gasteiger partial charge on any atom is 0.120 e. The second kappa shape index (κ2) is 10.2. The van der Waals surface area contributed by atoms with Crippen LogP contribution in [0.25, 0.3) is 0 Å². The number of phenolic OH excluding ortho intramolecular Hbond substituents is 2. The Balaban J connectivity index is 0.000000162. The molecule has 0 unspecified atom stereocenters. The molecule has 2 heterocycles. The van der Waals surface area contributed by atoms with E-state index in [9.17, 15) is 10.2 Å². The number of hydrogen-bond donors (Lipinski definition) is 3. The highest BCUT2D eigenvalue weighted by Gasteiger charge is 2.13. The van der Waals surface area contributed by atoms with Crippen LogP contribution < -0.4 is 9.80 Å². The molecule has 28 heavy (non-hydrogen) atoms. The predicted octanol–water partition coefficient (Wildman–Crippen LogP) is 3.91. The van der Waals surface area contributed by atoms with E-state index >= 15 is 0 Å². The second-order valence-electron chi connectivity index (χ2n) is 7.55. The topological polar surface area (TPSA) is 67.2 Å². The fraction of sp³-hybridized carbons (Fsp3) is 0.478. The number of anilines is 2. The Morgan fingerprint density at radius 2 is 1.32 bits per heavy atom. The van der Waals surface area contributed by atoms with Crippen LogP contribution in [0.15, 0.2) is 42.5 Å². The Kier molecular flexibility index (Phi) is 7.43. The Morgan fingerprint density at radius 3 is 1.89 bits per heavy atom. The molecule has 0 aliphatic carbocycles. The van der Waals surface area contributed by atoms with Gasteiger partial charge in [0.25, 0.3) is 0 Å². The van der Waals surface area contributed by atoms with Crippen molar-refractivity contribution in [3.8, 4) is 11.5 Å². The van der Waals surface area contributed by atoms with Gasteiger partial charge in [-0.15, -0.1) is 0 Å². The minimum atomic E-state index is 0.0800. The SMILES string of the molecule is OCCc1ccc(N2CCCC2)cc1O.Oc1cccc(N2CCCCC2)c1. The predicted molar refractivity (Wildman–Crippen MR) is 115 cm³/mol. The van der Waals surface area contributed by atoms with Gasteiger partial charge in [0, 0.05) is 56.3 Å². The molecule has 0 radical (unpaired) electrons. The quantitative estimate of drug-likeness (QED) is 0.746. The van der Waals surface area contributed by atoms with Crippen molar-refractivity contribution in [3.63, 3.8) is 0 Å². The number of rotatable bonds is 4. The Bertz CT molecular complexity index is 738. The van der Waals surface area contributed by atoms with Crippen LogP contribution in [-0.2, 0) is 6.42 Å². The summed E-state index contributed by atoms with van der Waals surface area (Å²) in [6, 6.07) is 13.2. The van der Waals surface area contributed by atoms with Gasteiger partial charge in [0.1, 0.15) is 11.5 Å². The lowest BCUT2D eigenvalue weighted by atomic mass is 10.1. The van der Waals surface area contributed by atoms with Crippen LogP contribution in [0.2, 0.25) is 0 Å². The first-order valence-corrected chi connectivity index (χ1v) is 10.4. The molecule has 5 heteroatoms. The summed E-state index contributed by atoms with van der Waals surface area (Å²) in [6.45, 7) is 4.50. The van der Waals surface area contributed by atoms with E-state index in [-0.39, 0.29) is 6.61 Å². The molecule has 2 fully saturated rings. The molecule has 2 saturated heterocycles. The number of aromatic hydroxyl groups is 2. The molecule has 0 atom stereocenters. The maximum atomic E-state index is 9.75. The summed E-state index contributed by atoms with van der Waals surface area (Å²) >= 11 is 0. The first-order chi connectivity index (χ1) is 13.7. The molecule has 2 aromatic carbocycles. The number of aliphatic hydroxyl groups is 1. The zero-order chi connectivity index (χ0) is 19.8. The molecule has 5 nitrogen and oxygen atoms in total. The third-order valence-corrected chi connectivity index (χ3v) is 5.47. The van der Waals surface area contributed by atoms with Gasteiger partial charge < -0.3 is 25.1 Å². The summed E-state index contributed by atoms with van der Waals surface area (Å²) in [5.41, 5.74) is 3.06. The van der Waals surface area contributed by atoms with E-state index in [0.717, 1.165) is 43.1 Å². The number of nitrogens with zero attached hydrogens (tertiary/aromatic N) is 2. The van der Waals surface area contributed by atoms with Crippen LogP contribution >= 0.6 is 0 Å². The molecule has 2 aliphatic heterocycles. The molecule has 4 rings (SSSR count). The molecule has 0 spiro atoms. The minimum Gasteiger partial charge on any atom is -0.508 e. The zero-order valence-electron chi connectivity index (χ0n) is 16.6. The average Bonchev–Trinajstić information content (AvgIpc) is 3.26. The van der Waals surface area contributed by atoms with Crippen molar-refractivity contribution in [2.75, 3.05) is 42.6 Å². The van der Waals surface area contributed by atoms with E-state index in [1.807, 2.05) is 24.3 Å². The number of piperidine rings is 1. The molecule has 0 aromatic heterocycles. The van der Waals surface area contributed by atoms with Crippen molar-refractivity contribution in [1.29, 1.82) is 0 Å². The van der Waals surface area contributed by atoms with E-state index < -0.39 is 0 Å². The van der Waals surface area contributed by atoms with Crippen LogP contribution in [-0.4, -0.2) is 48.1 Å². The molecule has 0 bridgehead atoms. The van der Waals surface area contributed by atoms with Crippen LogP contribution in [0.1, 0.15) is 37.7 Å². The fourth-order valence-corrected chi connectivity index (χ4v) is 3.90. The number of phenols is 2. The summed E-state index contributed by atoms with van der Waals surface area (Å²) in [4.78, 5) is 4.62. The highest BCUT2D eigenvalue weighted by molar-refractivity contribution is 5.54. The first kappa shape index (κ1) is 20.3. The third kappa shape index (κ3) is 5.55. The summed E-state index contributed by atoms with van der Waals surface area (Å²) in [7, 11) is 0. The van der Waals surface area contributed by atoms with Crippen LogP contribution in [0, 0.1) is 0 Å². The van der Waals surface area contributed by atoms with E-state index in [2.05, 4.69) is 15.9 Å². The van der Waals surface area contributed by atoms with Crippen LogP contribution in [0.5, 0.6) is 11.5 Å². The first-order valence-electron chi connectivity index (χ1n) is 10.4. The lowest BCUT2D eigenvalue weighted by Crippen LogP contribution is -2.29. The Labute approximate surface area is 167 Å². The Hall–Kier alpha value is -2.40. The molecule has 3 N–H and O–H groups in total. The molecule has 2 aromatic rings. The third-order valence-electron chi connectivity index (χ3n) is 5.47. The molecule has 152 valence electrons. The lowest BCUT2D eigenvalue weighted by molar-refractivity contribution is 0.297. The number of aliphatic hydroxyl groups excluding tert-OH is 1. The minimum absolute atomic E-state index is 0.0800. The van der Waals surface area contributed by atoms with Crippen molar-refractivity contribution >= 4 is 11.4 Å². The van der Waals surface area contributed by atoms with Crippen LogP contribution in [0.4, 0.5) is 11.4 Å². The lowest BCUT2D eigenvalue weighted by Gasteiger charge is -2.28. The summed E-state index contributed by atoms with van der Waals surface area (Å²) in [5, 5.41) is 27.9. The van der Waals surface area contributed by atoms with Crippen molar-refractivity contribution in [1.82, 2.24) is 0 Å². The van der Waals surface area contributed by atoms with Gasteiger partial charge in [-0.05, 0) is 62.3 Å². The Morgan fingerprint density at radius 1 is 0.714 bits per heavy atom. The van der Waals surface area contributed by atoms with E-state index in [1.54, 1.807) is 12.1 Å². The molecule has 0 amide bonds. The zero-order valence-corrected chi connectivity index (χ0v) is 16.6. The highest BCUT2D eigenvalue weighted by atomic mass is 16.3. The van der Waals surface area contributed by atoms with Gasteiger partial charge in [-0.3, -0.25) is 0 Å². The number of hydrogen-bond acceptors (Lipinski definition) is 5. The van der Waals surface area contributed by atoms with Gasteiger partial charge in [0.2, 0.25) is 0 Å². The van der Waals surface area contributed by atoms with Gasteiger partial charge in [0.15, 0.2) is 0 Å². The molecular formula is C23H32N2O3. The monoisotopic (exact) mass is 384 g/mol. The van der Waals surface area contributed by atoms with Crippen molar-refractivity contribution in [2.24, 2.45) is 0 Å². The maximum absolute atomic E-state index is 9.75. The van der Waals surface area contributed by atoms with Crippen molar-refractivity contribution in [2.45, 2.75) is 38.5 Å². The van der Waals surface area contributed by atoms with E-state index in [4.69, 9.17) is 5.11 Å². The standard InChI is InChI=1S/C12H17NO2.C11H15NO/c14-8-5-10-3-4-11(9-12(10)15)13-6-1-2-7-13;13-11-6-4-5-10(9-11)12-7-2-1-3-8-12/h3-4,9,14-15H,1-2,5-8H2;4-6,9,13H,1-3,7-8H2. The van der Waals surface area contributed by atoms with Crippen molar-refractivity contribution in [3.05, 3.63) is 48.0 Å². The van der Waals surface area contributed by atoms with Gasteiger partial charge in [0.05, 0.1) is 0 Å². The summed E-state index contributed by atoms with van der Waals surface area (Å²) in [5.74, 6) is 0.663. The smallest absolute Gasteiger partial charge is 0.120 e. The normalized spacial score (nSPS) is 16.6. The summed E-state index contributed by atoms with van der Waals surface area (Å²) in [6.07, 6.45) is 6.88. The van der Waals surface area contributed by atoms with E-state index in [0.29, 0.717) is 17.9 Å². The molecule has 0 saturated carbocycles. The van der Waals surface area contributed by atoms with Gasteiger partial charge in [-0.2, -0.15) is 0 Å². The molecular weight excluding hydrogens is 352 g/mol. The van der Waals surface area contributed by atoms with Crippen molar-refractivity contribution < 1.29 is 15.3 Å². The van der Waals surface area contributed by atoms with Gasteiger partial charge in [-0.1, -0.05) is 12.1 Å². The highest BCUT2D eigenvalue weighted by Crippen LogP contribution is 2.27. The molecule has 2 aliphatic rings. The second-order valence-corrected chi connectivity index (χ2v) is 7.55. The fourth-order valence-electron chi connectivity index (χ4n) is 3.90. The summed E-state index contributed by atoms with van der Waals surface area (Å²) < 4.78 is 0. The largest absolute Gasteiger partial charge is 0.508 e. The van der Waals surface area contributed by atoms with Crippen LogP contribution in [0.3, 0.4) is 0 Å². The van der Waals surface area contributed by atoms with E-state index in [1.165, 1.54) is 32.1 Å². The number of benzene rings is 2. The van der Waals surface area contributed by atoms with Gasteiger partial charge in [-0.25, -0.2) is 0 Å².